The minimum atomic E-state index is 0.678. The minimum absolute atomic E-state index is 0.678. The fourth-order valence-electron chi connectivity index (χ4n) is 3.16. The average Bonchev–Trinajstić information content (AvgIpc) is 3.23. The van der Waals surface area contributed by atoms with Gasteiger partial charge in [0, 0.05) is 29.5 Å². The number of fused-ring (bicyclic) bond motifs is 2. The van der Waals surface area contributed by atoms with E-state index in [4.69, 9.17) is 0 Å². The number of pyridine rings is 1. The van der Waals surface area contributed by atoms with E-state index in [1.807, 2.05) is 33.3 Å². The van der Waals surface area contributed by atoms with Crippen molar-refractivity contribution >= 4 is 23.2 Å². The van der Waals surface area contributed by atoms with Crippen LogP contribution in [0.1, 0.15) is 42.4 Å². The van der Waals surface area contributed by atoms with Gasteiger partial charge in [0.25, 0.3) is 5.78 Å². The van der Waals surface area contributed by atoms with Crippen LogP contribution < -0.4 is 0 Å². The first-order valence-corrected chi connectivity index (χ1v) is 9.92. The Hall–Kier alpha value is -2.41. The Kier molecular flexibility index (Phi) is 4.63. The number of thioether (sulfide) groups is 1. The molecule has 7 heteroatoms. The second-order valence-electron chi connectivity index (χ2n) is 6.46. The number of hydrogen-bond donors (Lipinski definition) is 0. The maximum atomic E-state index is 4.66. The third kappa shape index (κ3) is 3.19. The van der Waals surface area contributed by atoms with Crippen LogP contribution in [-0.2, 0) is 12.2 Å². The smallest absolute Gasteiger partial charge is 0.253 e. The molecule has 0 bridgehead atoms. The highest BCUT2D eigenvalue weighted by Crippen LogP contribution is 2.22. The highest BCUT2D eigenvalue weighted by molar-refractivity contribution is 7.98. The van der Waals surface area contributed by atoms with Gasteiger partial charge in [-0.1, -0.05) is 31.2 Å². The highest BCUT2D eigenvalue weighted by atomic mass is 32.2. The molecule has 26 heavy (non-hydrogen) atoms. The molecule has 0 aromatic carbocycles. The molecular weight excluding hydrogens is 344 g/mol. The summed E-state index contributed by atoms with van der Waals surface area (Å²) in [5.74, 6) is 1.41. The zero-order valence-corrected chi connectivity index (χ0v) is 16.1. The lowest BCUT2D eigenvalue weighted by molar-refractivity contribution is 0.753. The lowest BCUT2D eigenvalue weighted by Gasteiger charge is -2.09. The number of unbranched alkanes of at least 4 members (excludes halogenated alkanes) is 1. The summed E-state index contributed by atoms with van der Waals surface area (Å²) in [6.45, 7) is 6.38. The van der Waals surface area contributed by atoms with Crippen LogP contribution >= 0.6 is 11.8 Å². The van der Waals surface area contributed by atoms with E-state index < -0.39 is 0 Å². The Labute approximate surface area is 156 Å². The van der Waals surface area contributed by atoms with Gasteiger partial charge in [-0.2, -0.15) is 4.98 Å². The van der Waals surface area contributed by atoms with Crippen molar-refractivity contribution in [2.24, 2.45) is 0 Å². The van der Waals surface area contributed by atoms with Crippen molar-refractivity contribution in [3.63, 3.8) is 0 Å². The van der Waals surface area contributed by atoms with Crippen LogP contribution in [0.15, 0.2) is 35.7 Å². The molecule has 4 aromatic heterocycles. The summed E-state index contributed by atoms with van der Waals surface area (Å²) >= 11 is 1.59. The van der Waals surface area contributed by atoms with Crippen molar-refractivity contribution in [3.05, 3.63) is 53.2 Å². The van der Waals surface area contributed by atoms with Gasteiger partial charge in [0.2, 0.25) is 5.16 Å². The Balaban J connectivity index is 1.57. The van der Waals surface area contributed by atoms with Crippen LogP contribution in [0.3, 0.4) is 0 Å². The fraction of sp³-hybridized carbons (Fsp3) is 0.368. The summed E-state index contributed by atoms with van der Waals surface area (Å²) in [5, 5.41) is 5.40. The van der Waals surface area contributed by atoms with Gasteiger partial charge in [-0.15, -0.1) is 5.10 Å². The van der Waals surface area contributed by atoms with Crippen LogP contribution in [0.5, 0.6) is 0 Å². The standard InChI is InChI=1S/C19H22N6S/c1-4-5-8-16-13(2)20-18-22-19(23-25(18)14(16)3)26-12-15-11-24-10-7-6-9-17(24)21-15/h6-7,9-11H,4-5,8,12H2,1-3H3. The first kappa shape index (κ1) is 17.0. The number of nitrogens with zero attached hydrogens (tertiary/aromatic N) is 6. The first-order valence-electron chi connectivity index (χ1n) is 8.94. The van der Waals surface area contributed by atoms with E-state index in [0.29, 0.717) is 5.78 Å². The third-order valence-corrected chi connectivity index (χ3v) is 5.44. The molecule has 4 heterocycles. The summed E-state index contributed by atoms with van der Waals surface area (Å²) in [4.78, 5) is 13.9. The van der Waals surface area contributed by atoms with Crippen molar-refractivity contribution < 1.29 is 0 Å². The summed E-state index contributed by atoms with van der Waals surface area (Å²) in [6, 6.07) is 6.00. The van der Waals surface area contributed by atoms with Gasteiger partial charge in [0.15, 0.2) is 0 Å². The van der Waals surface area contributed by atoms with E-state index in [1.165, 1.54) is 18.4 Å². The molecule has 0 aliphatic rings. The van der Waals surface area contributed by atoms with E-state index in [2.05, 4.69) is 47.0 Å². The van der Waals surface area contributed by atoms with E-state index in [1.54, 1.807) is 11.8 Å². The summed E-state index contributed by atoms with van der Waals surface area (Å²) in [6.07, 6.45) is 7.44. The SMILES string of the molecule is CCCCc1c(C)nc2nc(SCc3cn4ccccc4n3)nn2c1C. The molecule has 0 saturated heterocycles. The molecule has 0 amide bonds. The number of rotatable bonds is 6. The number of hydrogen-bond acceptors (Lipinski definition) is 5. The van der Waals surface area contributed by atoms with Crippen molar-refractivity contribution in [2.45, 2.75) is 50.9 Å². The van der Waals surface area contributed by atoms with Gasteiger partial charge in [-0.25, -0.2) is 14.5 Å². The molecule has 0 radical (unpaired) electrons. The molecule has 4 aromatic rings. The van der Waals surface area contributed by atoms with Crippen molar-refractivity contribution in [3.8, 4) is 0 Å². The fourth-order valence-corrected chi connectivity index (χ4v) is 3.86. The molecule has 0 spiro atoms. The minimum Gasteiger partial charge on any atom is -0.307 e. The largest absolute Gasteiger partial charge is 0.307 e. The predicted molar refractivity (Wildman–Crippen MR) is 104 cm³/mol. The van der Waals surface area contributed by atoms with E-state index in [9.17, 15) is 0 Å². The lowest BCUT2D eigenvalue weighted by Crippen LogP contribution is -2.05. The quantitative estimate of drug-likeness (QED) is 0.482. The van der Waals surface area contributed by atoms with Gasteiger partial charge in [0.1, 0.15) is 5.65 Å². The Morgan fingerprint density at radius 2 is 2.00 bits per heavy atom. The Morgan fingerprint density at radius 1 is 1.12 bits per heavy atom. The Bertz CT molecular complexity index is 1030. The summed E-state index contributed by atoms with van der Waals surface area (Å²) in [5.41, 5.74) is 5.48. The number of aromatic nitrogens is 6. The van der Waals surface area contributed by atoms with E-state index in [-0.39, 0.29) is 0 Å². The molecule has 0 fully saturated rings. The zero-order valence-electron chi connectivity index (χ0n) is 15.3. The van der Waals surface area contributed by atoms with E-state index >= 15 is 0 Å². The predicted octanol–water partition coefficient (Wildman–Crippen LogP) is 4.02. The molecule has 6 nitrogen and oxygen atoms in total. The molecule has 0 atom stereocenters. The van der Waals surface area contributed by atoms with Crippen LogP contribution in [-0.4, -0.2) is 29.0 Å². The molecule has 134 valence electrons. The van der Waals surface area contributed by atoms with Crippen LogP contribution in [0.2, 0.25) is 0 Å². The Morgan fingerprint density at radius 3 is 2.81 bits per heavy atom. The zero-order chi connectivity index (χ0) is 18.1. The monoisotopic (exact) mass is 366 g/mol. The molecule has 4 rings (SSSR count). The number of imidazole rings is 1. The summed E-state index contributed by atoms with van der Waals surface area (Å²) < 4.78 is 3.91. The molecule has 0 N–H and O–H groups in total. The maximum Gasteiger partial charge on any atom is 0.253 e. The van der Waals surface area contributed by atoms with Crippen molar-refractivity contribution in [2.75, 3.05) is 0 Å². The number of aryl methyl sites for hydroxylation is 2. The third-order valence-electron chi connectivity index (χ3n) is 4.57. The lowest BCUT2D eigenvalue weighted by atomic mass is 10.1. The van der Waals surface area contributed by atoms with E-state index in [0.717, 1.165) is 40.1 Å². The van der Waals surface area contributed by atoms with Crippen LogP contribution in [0.4, 0.5) is 0 Å². The second kappa shape index (κ2) is 7.07. The van der Waals surface area contributed by atoms with Gasteiger partial charge in [0.05, 0.1) is 5.69 Å². The molecule has 0 unspecified atom stereocenters. The molecule has 0 aliphatic heterocycles. The van der Waals surface area contributed by atoms with Gasteiger partial charge in [-0.05, 0) is 44.4 Å². The van der Waals surface area contributed by atoms with Gasteiger partial charge >= 0.3 is 0 Å². The summed E-state index contributed by atoms with van der Waals surface area (Å²) in [7, 11) is 0. The van der Waals surface area contributed by atoms with Gasteiger partial charge in [-0.3, -0.25) is 0 Å². The first-order chi connectivity index (χ1) is 12.7. The van der Waals surface area contributed by atoms with Crippen molar-refractivity contribution in [1.29, 1.82) is 0 Å². The normalized spacial score (nSPS) is 11.7. The maximum absolute atomic E-state index is 4.66. The van der Waals surface area contributed by atoms with Gasteiger partial charge < -0.3 is 4.40 Å². The molecule has 0 saturated carbocycles. The van der Waals surface area contributed by atoms with Crippen LogP contribution in [0, 0.1) is 13.8 Å². The van der Waals surface area contributed by atoms with Crippen LogP contribution in [0.25, 0.3) is 11.4 Å². The highest BCUT2D eigenvalue weighted by Gasteiger charge is 2.14. The molecule has 0 aliphatic carbocycles. The topological polar surface area (TPSA) is 60.4 Å². The van der Waals surface area contributed by atoms with Crippen molar-refractivity contribution in [1.82, 2.24) is 29.0 Å². The second-order valence-corrected chi connectivity index (χ2v) is 7.40. The average molecular weight is 366 g/mol. The molecular formula is C19H22N6S.